The summed E-state index contributed by atoms with van der Waals surface area (Å²) in [5, 5.41) is 11.8. The van der Waals surface area contributed by atoms with Crippen molar-refractivity contribution in [2.45, 2.75) is 25.1 Å². The highest BCUT2D eigenvalue weighted by molar-refractivity contribution is 5.94. The first-order valence-corrected chi connectivity index (χ1v) is 11.6. The number of alkyl halides is 3. The van der Waals surface area contributed by atoms with E-state index >= 15 is 0 Å². The van der Waals surface area contributed by atoms with Crippen LogP contribution < -0.4 is 15.8 Å². The topological polar surface area (TPSA) is 86.9 Å². The molecule has 0 amide bonds. The first-order chi connectivity index (χ1) is 17.6. The lowest BCUT2D eigenvalue weighted by molar-refractivity contribution is -0.143. The first-order valence-electron chi connectivity index (χ1n) is 11.6. The van der Waals surface area contributed by atoms with Crippen molar-refractivity contribution in [3.8, 4) is 0 Å². The third-order valence-electron chi connectivity index (χ3n) is 6.48. The Kier molecular flexibility index (Phi) is 6.10. The van der Waals surface area contributed by atoms with E-state index in [-0.39, 0.29) is 28.4 Å². The van der Waals surface area contributed by atoms with Crippen molar-refractivity contribution in [2.75, 3.05) is 23.3 Å². The molecule has 1 aliphatic rings. The Morgan fingerprint density at radius 3 is 2.43 bits per heavy atom. The summed E-state index contributed by atoms with van der Waals surface area (Å²) in [6.07, 6.45) is -3.37. The van der Waals surface area contributed by atoms with Crippen molar-refractivity contribution < 1.29 is 23.1 Å². The van der Waals surface area contributed by atoms with Gasteiger partial charge in [0.25, 0.3) is 5.56 Å². The molecule has 2 aromatic carbocycles. The smallest absolute Gasteiger partial charge is 0.412 e. The maximum atomic E-state index is 14.4. The van der Waals surface area contributed by atoms with E-state index in [0.717, 1.165) is 9.96 Å². The zero-order valence-corrected chi connectivity index (χ0v) is 19.7. The zero-order chi connectivity index (χ0) is 26.3. The standard InChI is InChI=1S/C27H23F3N4O3/c1-16-11-20(24(27(28,29)30)31-21-10-6-5-9-19(21)26(36)37)25-32-22(12-23(35)34(25)13-16)33-14-18(15-33)17-7-3-2-4-8-17/h2-13,18,24,31H,14-15H2,1H3,(H,36,37). The number of para-hydroxylation sites is 1. The number of rotatable bonds is 6. The number of aromatic carboxylic acids is 1. The second kappa shape index (κ2) is 9.27. The quantitative estimate of drug-likeness (QED) is 0.380. The number of carboxylic acids is 1. The summed E-state index contributed by atoms with van der Waals surface area (Å²) in [5.41, 5.74) is 0.169. The van der Waals surface area contributed by atoms with Gasteiger partial charge in [0, 0.05) is 42.5 Å². The van der Waals surface area contributed by atoms with Crippen molar-refractivity contribution in [1.29, 1.82) is 0 Å². The SMILES string of the molecule is Cc1cc(C(Nc2ccccc2C(=O)O)C(F)(F)F)c2nc(N3CC(c4ccccc4)C3)cc(=O)n2c1. The molecule has 190 valence electrons. The fourth-order valence-corrected chi connectivity index (χ4v) is 4.62. The number of anilines is 2. The van der Waals surface area contributed by atoms with E-state index in [2.05, 4.69) is 10.3 Å². The largest absolute Gasteiger partial charge is 0.478 e. The van der Waals surface area contributed by atoms with Gasteiger partial charge in [-0.15, -0.1) is 0 Å². The van der Waals surface area contributed by atoms with E-state index in [9.17, 15) is 27.9 Å². The lowest BCUT2D eigenvalue weighted by Gasteiger charge is -2.40. The number of benzene rings is 2. The Labute approximate surface area is 209 Å². The summed E-state index contributed by atoms with van der Waals surface area (Å²) >= 11 is 0. The van der Waals surface area contributed by atoms with Gasteiger partial charge in [0.1, 0.15) is 11.5 Å². The number of aromatic nitrogens is 2. The van der Waals surface area contributed by atoms with Crippen molar-refractivity contribution in [1.82, 2.24) is 9.38 Å². The molecule has 5 rings (SSSR count). The number of carbonyl (C=O) groups is 1. The molecule has 10 heteroatoms. The average Bonchev–Trinajstić information content (AvgIpc) is 2.82. The maximum absolute atomic E-state index is 14.4. The second-order valence-corrected chi connectivity index (χ2v) is 9.10. The second-order valence-electron chi connectivity index (χ2n) is 9.10. The van der Waals surface area contributed by atoms with Gasteiger partial charge >= 0.3 is 12.1 Å². The Bertz CT molecular complexity index is 1530. The van der Waals surface area contributed by atoms with E-state index in [4.69, 9.17) is 0 Å². The summed E-state index contributed by atoms with van der Waals surface area (Å²) < 4.78 is 44.4. The van der Waals surface area contributed by atoms with Crippen LogP contribution in [-0.2, 0) is 0 Å². The molecular weight excluding hydrogens is 485 g/mol. The van der Waals surface area contributed by atoms with Crippen LogP contribution in [0.3, 0.4) is 0 Å². The summed E-state index contributed by atoms with van der Waals surface area (Å²) in [4.78, 5) is 30.9. The highest BCUT2D eigenvalue weighted by Gasteiger charge is 2.43. The van der Waals surface area contributed by atoms with Crippen molar-refractivity contribution in [3.63, 3.8) is 0 Å². The minimum Gasteiger partial charge on any atom is -0.478 e. The number of nitrogens with one attached hydrogen (secondary N) is 1. The van der Waals surface area contributed by atoms with E-state index in [1.807, 2.05) is 35.2 Å². The molecule has 3 heterocycles. The molecule has 2 N–H and O–H groups in total. The van der Waals surface area contributed by atoms with Crippen LogP contribution in [0.1, 0.15) is 39.0 Å². The number of carboxylic acid groups (broad SMARTS) is 1. The van der Waals surface area contributed by atoms with Crippen molar-refractivity contribution >= 4 is 23.1 Å². The van der Waals surface area contributed by atoms with Gasteiger partial charge in [-0.3, -0.25) is 9.20 Å². The highest BCUT2D eigenvalue weighted by atomic mass is 19.4. The number of hydrogen-bond acceptors (Lipinski definition) is 5. The molecule has 7 nitrogen and oxygen atoms in total. The third kappa shape index (κ3) is 4.74. The number of halogens is 3. The third-order valence-corrected chi connectivity index (χ3v) is 6.48. The summed E-state index contributed by atoms with van der Waals surface area (Å²) in [6, 6.07) is 15.6. The highest BCUT2D eigenvalue weighted by Crippen LogP contribution is 2.39. The van der Waals surface area contributed by atoms with Crippen LogP contribution in [0.5, 0.6) is 0 Å². The van der Waals surface area contributed by atoms with E-state index < -0.39 is 23.7 Å². The Morgan fingerprint density at radius 1 is 1.08 bits per heavy atom. The molecule has 1 atom stereocenters. The van der Waals surface area contributed by atoms with Crippen LogP contribution in [0.15, 0.2) is 77.7 Å². The lowest BCUT2D eigenvalue weighted by Crippen LogP contribution is -2.46. The molecule has 4 aromatic rings. The van der Waals surface area contributed by atoms with Crippen LogP contribution in [0.25, 0.3) is 5.65 Å². The van der Waals surface area contributed by atoms with Gasteiger partial charge in [0.15, 0.2) is 6.04 Å². The van der Waals surface area contributed by atoms with Crippen LogP contribution in [0.2, 0.25) is 0 Å². The Morgan fingerprint density at radius 2 is 1.76 bits per heavy atom. The van der Waals surface area contributed by atoms with Crippen LogP contribution in [0, 0.1) is 6.92 Å². The predicted molar refractivity (Wildman–Crippen MR) is 133 cm³/mol. The number of hydrogen-bond donors (Lipinski definition) is 2. The summed E-state index contributed by atoms with van der Waals surface area (Å²) in [5.74, 6) is -0.828. The van der Waals surface area contributed by atoms with Gasteiger partial charge in [0.05, 0.1) is 5.56 Å². The average molecular weight is 509 g/mol. The molecular formula is C27H23F3N4O3. The van der Waals surface area contributed by atoms with Gasteiger partial charge in [-0.25, -0.2) is 9.78 Å². The monoisotopic (exact) mass is 508 g/mol. The molecule has 2 aromatic heterocycles. The zero-order valence-electron chi connectivity index (χ0n) is 19.7. The molecule has 1 fully saturated rings. The van der Waals surface area contributed by atoms with Crippen LogP contribution >= 0.6 is 0 Å². The van der Waals surface area contributed by atoms with E-state index in [1.54, 1.807) is 6.92 Å². The minimum absolute atomic E-state index is 0.140. The molecule has 0 saturated carbocycles. The van der Waals surface area contributed by atoms with Crippen LogP contribution in [0.4, 0.5) is 24.7 Å². The number of fused-ring (bicyclic) bond motifs is 1. The fourth-order valence-electron chi connectivity index (χ4n) is 4.62. The Hall–Kier alpha value is -4.34. The number of aryl methyl sites for hydroxylation is 1. The summed E-state index contributed by atoms with van der Waals surface area (Å²) in [7, 11) is 0. The fraction of sp³-hybridized carbons (Fsp3) is 0.222. The predicted octanol–water partition coefficient (Wildman–Crippen LogP) is 5.02. The van der Waals surface area contributed by atoms with Gasteiger partial charge in [-0.1, -0.05) is 42.5 Å². The molecule has 0 bridgehead atoms. The number of pyridine rings is 1. The van der Waals surface area contributed by atoms with Gasteiger partial charge in [0.2, 0.25) is 0 Å². The molecule has 1 aliphatic heterocycles. The molecule has 0 aliphatic carbocycles. The normalized spacial score (nSPS) is 14.9. The number of nitrogens with zero attached hydrogens (tertiary/aromatic N) is 3. The molecule has 0 radical (unpaired) electrons. The van der Waals surface area contributed by atoms with E-state index in [1.165, 1.54) is 42.6 Å². The maximum Gasteiger partial charge on any atom is 0.412 e. The van der Waals surface area contributed by atoms with Crippen molar-refractivity contribution in [2.24, 2.45) is 0 Å². The van der Waals surface area contributed by atoms with Gasteiger partial charge in [-0.05, 0) is 36.2 Å². The minimum atomic E-state index is -4.82. The van der Waals surface area contributed by atoms with Crippen molar-refractivity contribution in [3.05, 3.63) is 106 Å². The molecule has 1 saturated heterocycles. The summed E-state index contributed by atoms with van der Waals surface area (Å²) in [6.45, 7) is 2.75. The van der Waals surface area contributed by atoms with E-state index in [0.29, 0.717) is 24.5 Å². The van der Waals surface area contributed by atoms with Gasteiger partial charge < -0.3 is 15.3 Å². The molecule has 0 spiro atoms. The Balaban J connectivity index is 1.57. The van der Waals surface area contributed by atoms with Crippen LogP contribution in [-0.4, -0.2) is 39.7 Å². The lowest BCUT2D eigenvalue weighted by atomic mass is 9.91. The molecule has 1 unspecified atom stereocenters. The van der Waals surface area contributed by atoms with Gasteiger partial charge in [-0.2, -0.15) is 13.2 Å². The molecule has 37 heavy (non-hydrogen) atoms. The first kappa shape index (κ1) is 24.4.